The van der Waals surface area contributed by atoms with Gasteiger partial charge < -0.3 is 9.64 Å². The number of benzene rings is 1. The molecule has 0 atom stereocenters. The summed E-state index contributed by atoms with van der Waals surface area (Å²) in [7, 11) is 5.20. The van der Waals surface area contributed by atoms with Crippen molar-refractivity contribution in [3.05, 3.63) is 28.2 Å². The van der Waals surface area contributed by atoms with Crippen molar-refractivity contribution in [3.8, 4) is 5.75 Å². The lowest BCUT2D eigenvalue weighted by Crippen LogP contribution is -2.36. The molecule has 0 aliphatic carbocycles. The van der Waals surface area contributed by atoms with Crippen LogP contribution in [-0.4, -0.2) is 50.0 Å². The molecule has 0 saturated carbocycles. The van der Waals surface area contributed by atoms with Gasteiger partial charge in [-0.25, -0.2) is 0 Å². The van der Waals surface area contributed by atoms with Crippen LogP contribution in [0.5, 0.6) is 5.75 Å². The lowest BCUT2D eigenvalue weighted by molar-refractivity contribution is -0.130. The van der Waals surface area contributed by atoms with Gasteiger partial charge in [-0.2, -0.15) is 0 Å². The molecule has 0 N–H and O–H groups in total. The van der Waals surface area contributed by atoms with Crippen LogP contribution < -0.4 is 4.74 Å². The molecule has 0 bridgehead atoms. The van der Waals surface area contributed by atoms with Crippen molar-refractivity contribution in [2.45, 2.75) is 13.5 Å². The zero-order valence-corrected chi connectivity index (χ0v) is 13.5. The fourth-order valence-electron chi connectivity index (χ4n) is 1.65. The summed E-state index contributed by atoms with van der Waals surface area (Å²) in [5.41, 5.74) is 1.12. The minimum Gasteiger partial charge on any atom is -0.497 e. The number of hydrogen-bond acceptors (Lipinski definition) is 3. The Hall–Kier alpha value is -1.07. The second-order valence-corrected chi connectivity index (χ2v) is 5.40. The van der Waals surface area contributed by atoms with E-state index in [1.807, 2.05) is 18.2 Å². The van der Waals surface area contributed by atoms with Crippen LogP contribution in [0.2, 0.25) is 0 Å². The lowest BCUT2D eigenvalue weighted by atomic mass is 10.2. The third kappa shape index (κ3) is 4.84. The number of amides is 1. The fourth-order valence-corrected chi connectivity index (χ4v) is 2.02. The number of methoxy groups -OCH3 is 1. The molecule has 1 rings (SSSR count). The van der Waals surface area contributed by atoms with Gasteiger partial charge >= 0.3 is 0 Å². The van der Waals surface area contributed by atoms with Crippen molar-refractivity contribution in [2.75, 3.05) is 34.3 Å². The highest BCUT2D eigenvalue weighted by Gasteiger charge is 2.13. The standard InChI is InChI=1S/C14H21BrN2O2/c1-5-17(10-14(18)16(2)3)9-11-8-12(19-4)6-7-13(11)15/h6-8H,5,9-10H2,1-4H3. The van der Waals surface area contributed by atoms with Crippen molar-refractivity contribution >= 4 is 21.8 Å². The van der Waals surface area contributed by atoms with Crippen LogP contribution in [0.3, 0.4) is 0 Å². The zero-order chi connectivity index (χ0) is 14.4. The van der Waals surface area contributed by atoms with E-state index < -0.39 is 0 Å². The Balaban J connectivity index is 2.77. The van der Waals surface area contributed by atoms with Crippen LogP contribution in [0.15, 0.2) is 22.7 Å². The maximum atomic E-state index is 11.8. The number of carbonyl (C=O) groups is 1. The highest BCUT2D eigenvalue weighted by molar-refractivity contribution is 9.10. The highest BCUT2D eigenvalue weighted by atomic mass is 79.9. The second-order valence-electron chi connectivity index (χ2n) is 4.55. The molecule has 0 radical (unpaired) electrons. The minimum atomic E-state index is 0.112. The minimum absolute atomic E-state index is 0.112. The summed E-state index contributed by atoms with van der Waals surface area (Å²) in [6.45, 7) is 4.02. The molecule has 106 valence electrons. The van der Waals surface area contributed by atoms with E-state index in [1.54, 1.807) is 26.1 Å². The Bertz CT molecular complexity index is 435. The first-order valence-corrected chi connectivity index (χ1v) is 7.02. The van der Waals surface area contributed by atoms with E-state index in [0.29, 0.717) is 13.1 Å². The summed E-state index contributed by atoms with van der Waals surface area (Å²) in [6, 6.07) is 5.87. The summed E-state index contributed by atoms with van der Waals surface area (Å²) in [4.78, 5) is 15.5. The fraction of sp³-hybridized carbons (Fsp3) is 0.500. The highest BCUT2D eigenvalue weighted by Crippen LogP contribution is 2.23. The molecule has 5 heteroatoms. The van der Waals surface area contributed by atoms with Gasteiger partial charge in [0.1, 0.15) is 5.75 Å². The normalized spacial score (nSPS) is 10.6. The van der Waals surface area contributed by atoms with Gasteiger partial charge in [-0.15, -0.1) is 0 Å². The first-order valence-electron chi connectivity index (χ1n) is 6.22. The van der Waals surface area contributed by atoms with Gasteiger partial charge in [0.25, 0.3) is 0 Å². The maximum absolute atomic E-state index is 11.8. The summed E-state index contributed by atoms with van der Waals surface area (Å²) >= 11 is 3.53. The summed E-state index contributed by atoms with van der Waals surface area (Å²) in [6.07, 6.45) is 0. The van der Waals surface area contributed by atoms with Crippen molar-refractivity contribution in [2.24, 2.45) is 0 Å². The second kappa shape index (κ2) is 7.50. The van der Waals surface area contributed by atoms with Gasteiger partial charge in [0.2, 0.25) is 5.91 Å². The number of ether oxygens (including phenoxy) is 1. The van der Waals surface area contributed by atoms with Crippen LogP contribution in [0.25, 0.3) is 0 Å². The number of carbonyl (C=O) groups excluding carboxylic acids is 1. The number of likely N-dealkylation sites (N-methyl/N-ethyl adjacent to an activating group) is 2. The van der Waals surface area contributed by atoms with Crippen molar-refractivity contribution < 1.29 is 9.53 Å². The van der Waals surface area contributed by atoms with Gasteiger partial charge in [-0.1, -0.05) is 22.9 Å². The molecule has 19 heavy (non-hydrogen) atoms. The van der Waals surface area contributed by atoms with Crippen LogP contribution in [-0.2, 0) is 11.3 Å². The monoisotopic (exact) mass is 328 g/mol. The molecular formula is C14H21BrN2O2. The van der Waals surface area contributed by atoms with E-state index in [9.17, 15) is 4.79 Å². The first-order chi connectivity index (χ1) is 8.97. The average molecular weight is 329 g/mol. The predicted octanol–water partition coefficient (Wildman–Crippen LogP) is 2.37. The quantitative estimate of drug-likeness (QED) is 0.803. The zero-order valence-electron chi connectivity index (χ0n) is 11.9. The largest absolute Gasteiger partial charge is 0.497 e. The maximum Gasteiger partial charge on any atom is 0.236 e. The first kappa shape index (κ1) is 16.0. The van der Waals surface area contributed by atoms with E-state index in [0.717, 1.165) is 22.3 Å². The Morgan fingerprint density at radius 1 is 1.37 bits per heavy atom. The predicted molar refractivity (Wildman–Crippen MR) is 80.3 cm³/mol. The van der Waals surface area contributed by atoms with Crippen molar-refractivity contribution in [1.29, 1.82) is 0 Å². The van der Waals surface area contributed by atoms with Crippen LogP contribution in [0.1, 0.15) is 12.5 Å². The molecular weight excluding hydrogens is 308 g/mol. The third-order valence-corrected chi connectivity index (χ3v) is 3.73. The Morgan fingerprint density at radius 3 is 2.58 bits per heavy atom. The topological polar surface area (TPSA) is 32.8 Å². The van der Waals surface area contributed by atoms with Gasteiger partial charge in [-0.3, -0.25) is 9.69 Å². The Labute approximate surface area is 123 Å². The van der Waals surface area contributed by atoms with E-state index in [2.05, 4.69) is 27.8 Å². The van der Waals surface area contributed by atoms with Gasteiger partial charge in [0.05, 0.1) is 13.7 Å². The summed E-state index contributed by atoms with van der Waals surface area (Å²) in [5, 5.41) is 0. The molecule has 1 amide bonds. The average Bonchev–Trinajstić information content (AvgIpc) is 2.39. The van der Waals surface area contributed by atoms with E-state index in [4.69, 9.17) is 4.74 Å². The van der Waals surface area contributed by atoms with E-state index >= 15 is 0 Å². The van der Waals surface area contributed by atoms with Crippen LogP contribution in [0, 0.1) is 0 Å². The third-order valence-electron chi connectivity index (χ3n) is 2.95. The molecule has 0 spiro atoms. The summed E-state index contributed by atoms with van der Waals surface area (Å²) in [5.74, 6) is 0.939. The molecule has 0 heterocycles. The molecule has 0 aliphatic rings. The molecule has 1 aromatic rings. The molecule has 1 aromatic carbocycles. The molecule has 0 aromatic heterocycles. The SMILES string of the molecule is CCN(CC(=O)N(C)C)Cc1cc(OC)ccc1Br. The summed E-state index contributed by atoms with van der Waals surface area (Å²) < 4.78 is 6.26. The molecule has 0 aliphatic heterocycles. The number of halogens is 1. The van der Waals surface area contributed by atoms with Gasteiger partial charge in [-0.05, 0) is 30.3 Å². The Morgan fingerprint density at radius 2 is 2.05 bits per heavy atom. The Kier molecular flexibility index (Phi) is 6.31. The van der Waals surface area contributed by atoms with Crippen molar-refractivity contribution in [3.63, 3.8) is 0 Å². The van der Waals surface area contributed by atoms with E-state index in [-0.39, 0.29) is 5.91 Å². The smallest absolute Gasteiger partial charge is 0.236 e. The number of nitrogens with zero attached hydrogens (tertiary/aromatic N) is 2. The molecule has 4 nitrogen and oxygen atoms in total. The lowest BCUT2D eigenvalue weighted by Gasteiger charge is -2.22. The van der Waals surface area contributed by atoms with Crippen LogP contribution >= 0.6 is 15.9 Å². The van der Waals surface area contributed by atoms with Gasteiger partial charge in [0, 0.05) is 25.1 Å². The molecule has 0 saturated heterocycles. The van der Waals surface area contributed by atoms with Gasteiger partial charge in [0.15, 0.2) is 0 Å². The molecule has 0 fully saturated rings. The molecule has 0 unspecified atom stereocenters. The number of rotatable bonds is 6. The number of hydrogen-bond donors (Lipinski definition) is 0. The van der Waals surface area contributed by atoms with E-state index in [1.165, 1.54) is 0 Å². The van der Waals surface area contributed by atoms with Crippen LogP contribution in [0.4, 0.5) is 0 Å². The van der Waals surface area contributed by atoms with Crippen molar-refractivity contribution in [1.82, 2.24) is 9.80 Å².